The highest BCUT2D eigenvalue weighted by Crippen LogP contribution is 2.26. The summed E-state index contributed by atoms with van der Waals surface area (Å²) < 4.78 is 31.4. The first kappa shape index (κ1) is 19.7. The molecular formula is C15H28F2O2S. The van der Waals surface area contributed by atoms with Crippen LogP contribution in [0.5, 0.6) is 0 Å². The molecule has 20 heavy (non-hydrogen) atoms. The third-order valence-electron chi connectivity index (χ3n) is 3.08. The Balaban J connectivity index is 3.98. The molecule has 0 aliphatic carbocycles. The molecule has 2 nitrogen and oxygen atoms in total. The second kappa shape index (κ2) is 11.4. The largest absolute Gasteiger partial charge is 0.465 e. The number of carbonyl (C=O) groups excluding carboxylic acids is 1. The number of halogens is 2. The van der Waals surface area contributed by atoms with Gasteiger partial charge in [-0.05, 0) is 25.0 Å². The predicted octanol–water partition coefficient (Wildman–Crippen LogP) is 5.06. The van der Waals surface area contributed by atoms with Gasteiger partial charge in [-0.2, -0.15) is 0 Å². The topological polar surface area (TPSA) is 26.3 Å². The van der Waals surface area contributed by atoms with E-state index in [4.69, 9.17) is 4.74 Å². The Kier molecular flexibility index (Phi) is 11.2. The van der Waals surface area contributed by atoms with Crippen molar-refractivity contribution in [2.75, 3.05) is 12.4 Å². The van der Waals surface area contributed by atoms with Gasteiger partial charge in [0.2, 0.25) is 5.92 Å². The monoisotopic (exact) mass is 310 g/mol. The molecule has 0 aliphatic rings. The van der Waals surface area contributed by atoms with Crippen molar-refractivity contribution in [2.45, 2.75) is 76.9 Å². The normalized spacial score (nSPS) is 13.2. The van der Waals surface area contributed by atoms with Gasteiger partial charge in [-0.15, -0.1) is 11.8 Å². The zero-order valence-corrected chi connectivity index (χ0v) is 13.7. The number of esters is 1. The zero-order valence-electron chi connectivity index (χ0n) is 12.9. The fourth-order valence-electron chi connectivity index (χ4n) is 1.67. The molecule has 0 spiro atoms. The highest BCUT2D eigenvalue weighted by atomic mass is 32.2. The fraction of sp³-hybridized carbons (Fsp3) is 0.933. The molecule has 0 bridgehead atoms. The summed E-state index contributed by atoms with van der Waals surface area (Å²) in [7, 11) is 0. The minimum atomic E-state index is -2.57. The van der Waals surface area contributed by atoms with E-state index >= 15 is 0 Å². The number of thioether (sulfide) groups is 1. The quantitative estimate of drug-likeness (QED) is 0.372. The summed E-state index contributed by atoms with van der Waals surface area (Å²) in [6.45, 7) is 6.01. The zero-order chi connectivity index (χ0) is 15.4. The van der Waals surface area contributed by atoms with E-state index in [1.54, 1.807) is 0 Å². The Morgan fingerprint density at radius 2 is 1.90 bits per heavy atom. The average molecular weight is 310 g/mol. The molecule has 0 saturated carbocycles. The average Bonchev–Trinajstić information content (AvgIpc) is 2.42. The van der Waals surface area contributed by atoms with E-state index in [2.05, 4.69) is 0 Å². The molecule has 0 rings (SSSR count). The van der Waals surface area contributed by atoms with Gasteiger partial charge in [0.1, 0.15) is 5.25 Å². The molecule has 0 N–H and O–H groups in total. The second-order valence-corrected chi connectivity index (χ2v) is 6.29. The third kappa shape index (κ3) is 9.56. The summed E-state index contributed by atoms with van der Waals surface area (Å²) in [5, 5.41) is -0.202. The van der Waals surface area contributed by atoms with Gasteiger partial charge in [0.25, 0.3) is 0 Å². The summed E-state index contributed by atoms with van der Waals surface area (Å²) in [5.74, 6) is -2.17. The molecule has 0 aliphatic heterocycles. The van der Waals surface area contributed by atoms with E-state index in [9.17, 15) is 13.6 Å². The van der Waals surface area contributed by atoms with Gasteiger partial charge in [0.15, 0.2) is 0 Å². The number of unbranched alkanes of at least 4 members (excludes halogenated alkanes) is 1. The Bertz CT molecular complexity index is 260. The molecule has 0 aromatic heterocycles. The van der Waals surface area contributed by atoms with Crippen molar-refractivity contribution >= 4 is 17.7 Å². The highest BCUT2D eigenvalue weighted by molar-refractivity contribution is 8.00. The lowest BCUT2D eigenvalue weighted by Crippen LogP contribution is -2.21. The standard InChI is InChI=1S/C15H28F2O2S/c1-4-7-11-19-14(18)13(9-5-2)20-12-8-10-15(16,17)6-3/h13H,4-12H2,1-3H3. The van der Waals surface area contributed by atoms with Crippen molar-refractivity contribution in [2.24, 2.45) is 0 Å². The van der Waals surface area contributed by atoms with Crippen LogP contribution in [0.25, 0.3) is 0 Å². The van der Waals surface area contributed by atoms with E-state index in [0.29, 0.717) is 18.8 Å². The van der Waals surface area contributed by atoms with Crippen LogP contribution in [0.1, 0.15) is 65.7 Å². The van der Waals surface area contributed by atoms with Gasteiger partial charge in [0, 0.05) is 12.8 Å². The molecule has 0 aromatic rings. The lowest BCUT2D eigenvalue weighted by Gasteiger charge is -2.16. The van der Waals surface area contributed by atoms with Gasteiger partial charge in [-0.25, -0.2) is 8.78 Å². The number of hydrogen-bond acceptors (Lipinski definition) is 3. The van der Waals surface area contributed by atoms with Crippen molar-refractivity contribution in [3.05, 3.63) is 0 Å². The van der Waals surface area contributed by atoms with Crippen LogP contribution in [-0.2, 0) is 9.53 Å². The number of rotatable bonds is 12. The van der Waals surface area contributed by atoms with Crippen LogP contribution in [0, 0.1) is 0 Å². The summed E-state index contributed by atoms with van der Waals surface area (Å²) in [6.07, 6.45) is 3.73. The Hall–Kier alpha value is -0.320. The maximum Gasteiger partial charge on any atom is 0.319 e. The first-order chi connectivity index (χ1) is 9.46. The smallest absolute Gasteiger partial charge is 0.319 e. The molecule has 1 atom stereocenters. The molecule has 5 heteroatoms. The number of carbonyl (C=O) groups is 1. The SMILES string of the molecule is CCCCOC(=O)C(CCC)SCCCC(F)(F)CC. The van der Waals surface area contributed by atoms with E-state index in [1.165, 1.54) is 18.7 Å². The number of hydrogen-bond donors (Lipinski definition) is 0. The van der Waals surface area contributed by atoms with Crippen LogP contribution in [0.3, 0.4) is 0 Å². The molecule has 1 unspecified atom stereocenters. The first-order valence-corrected chi connectivity index (χ1v) is 8.67. The molecule has 0 radical (unpaired) electrons. The van der Waals surface area contributed by atoms with Crippen molar-refractivity contribution in [1.29, 1.82) is 0 Å². The van der Waals surface area contributed by atoms with Gasteiger partial charge >= 0.3 is 5.97 Å². The molecule has 120 valence electrons. The predicted molar refractivity (Wildman–Crippen MR) is 81.5 cm³/mol. The van der Waals surface area contributed by atoms with E-state index < -0.39 is 5.92 Å². The van der Waals surface area contributed by atoms with Crippen LogP contribution < -0.4 is 0 Å². The minimum absolute atomic E-state index is 0.0970. The van der Waals surface area contributed by atoms with Crippen LogP contribution in [-0.4, -0.2) is 29.5 Å². The number of ether oxygens (including phenoxy) is 1. The summed E-state index contributed by atoms with van der Waals surface area (Å²) in [6, 6.07) is 0. The Morgan fingerprint density at radius 1 is 1.20 bits per heavy atom. The second-order valence-electron chi connectivity index (χ2n) is 4.98. The highest BCUT2D eigenvalue weighted by Gasteiger charge is 2.26. The van der Waals surface area contributed by atoms with Crippen molar-refractivity contribution in [3.63, 3.8) is 0 Å². The van der Waals surface area contributed by atoms with Gasteiger partial charge in [-0.1, -0.05) is 33.6 Å². The van der Waals surface area contributed by atoms with E-state index in [1.807, 2.05) is 13.8 Å². The van der Waals surface area contributed by atoms with E-state index in [-0.39, 0.29) is 24.1 Å². The minimum Gasteiger partial charge on any atom is -0.465 e. The van der Waals surface area contributed by atoms with Crippen LogP contribution in [0.4, 0.5) is 8.78 Å². The summed E-state index contributed by atoms with van der Waals surface area (Å²) >= 11 is 1.46. The molecule has 0 amide bonds. The Labute approximate surface area is 126 Å². The molecule has 0 heterocycles. The molecular weight excluding hydrogens is 282 g/mol. The molecule has 0 fully saturated rings. The maximum absolute atomic E-state index is 13.1. The lowest BCUT2D eigenvalue weighted by molar-refractivity contribution is -0.143. The van der Waals surface area contributed by atoms with Gasteiger partial charge < -0.3 is 4.74 Å². The first-order valence-electron chi connectivity index (χ1n) is 7.62. The summed E-state index contributed by atoms with van der Waals surface area (Å²) in [5.41, 5.74) is 0. The maximum atomic E-state index is 13.1. The van der Waals surface area contributed by atoms with Crippen LogP contribution >= 0.6 is 11.8 Å². The van der Waals surface area contributed by atoms with Crippen molar-refractivity contribution in [3.8, 4) is 0 Å². The summed E-state index contributed by atoms with van der Waals surface area (Å²) in [4.78, 5) is 11.9. The molecule has 0 aromatic carbocycles. The van der Waals surface area contributed by atoms with Crippen molar-refractivity contribution < 1.29 is 18.3 Å². The van der Waals surface area contributed by atoms with Gasteiger partial charge in [0.05, 0.1) is 6.61 Å². The molecule has 0 saturated heterocycles. The third-order valence-corrected chi connectivity index (χ3v) is 4.43. The van der Waals surface area contributed by atoms with Crippen LogP contribution in [0.15, 0.2) is 0 Å². The lowest BCUT2D eigenvalue weighted by atomic mass is 10.1. The van der Waals surface area contributed by atoms with Gasteiger partial charge in [-0.3, -0.25) is 4.79 Å². The number of alkyl halides is 2. The fourth-order valence-corrected chi connectivity index (χ4v) is 2.88. The van der Waals surface area contributed by atoms with E-state index in [0.717, 1.165) is 25.7 Å². The van der Waals surface area contributed by atoms with Crippen molar-refractivity contribution in [1.82, 2.24) is 0 Å². The van der Waals surface area contributed by atoms with Crippen LogP contribution in [0.2, 0.25) is 0 Å². The Morgan fingerprint density at radius 3 is 2.45 bits per heavy atom.